The molecule has 0 saturated heterocycles. The van der Waals surface area contributed by atoms with Crippen LogP contribution in [0.5, 0.6) is 0 Å². The van der Waals surface area contributed by atoms with Gasteiger partial charge in [0.1, 0.15) is 0 Å². The van der Waals surface area contributed by atoms with Crippen LogP contribution in [-0.2, 0) is 9.84 Å². The first-order valence-electron chi connectivity index (χ1n) is 6.36. The zero-order valence-electron chi connectivity index (χ0n) is 9.45. The van der Waals surface area contributed by atoms with Crippen molar-refractivity contribution in [3.63, 3.8) is 0 Å². The molecule has 0 atom stereocenters. The fourth-order valence-corrected chi connectivity index (χ4v) is 5.38. The van der Waals surface area contributed by atoms with Crippen LogP contribution in [0.4, 0.5) is 0 Å². The van der Waals surface area contributed by atoms with Gasteiger partial charge in [-0.15, -0.1) is 0 Å². The van der Waals surface area contributed by atoms with Gasteiger partial charge in [0.2, 0.25) is 0 Å². The van der Waals surface area contributed by atoms with Crippen molar-refractivity contribution in [3.05, 3.63) is 0 Å². The molecule has 2 aliphatic carbocycles. The Balaban J connectivity index is 1.82. The smallest absolute Gasteiger partial charge is 0.150 e. The molecule has 0 radical (unpaired) electrons. The summed E-state index contributed by atoms with van der Waals surface area (Å²) in [6, 6.07) is 0. The average Bonchev–Trinajstić information content (AvgIpc) is 2.75. The predicted octanol–water partition coefficient (Wildman–Crippen LogP) is 2.78. The number of hydrogen-bond acceptors (Lipinski definition) is 2. The van der Waals surface area contributed by atoms with E-state index < -0.39 is 9.84 Å². The van der Waals surface area contributed by atoms with Crippen molar-refractivity contribution in [1.82, 2.24) is 0 Å². The van der Waals surface area contributed by atoms with E-state index in [-0.39, 0.29) is 0 Å². The predicted molar refractivity (Wildman–Crippen MR) is 62.6 cm³/mol. The lowest BCUT2D eigenvalue weighted by Gasteiger charge is -2.13. The molecule has 0 heterocycles. The molecule has 2 rings (SSSR count). The fraction of sp³-hybridized carbons (Fsp3) is 1.00. The van der Waals surface area contributed by atoms with Gasteiger partial charge in [0.25, 0.3) is 0 Å². The van der Waals surface area contributed by atoms with Crippen molar-refractivity contribution in [2.75, 3.05) is 11.5 Å². The summed E-state index contributed by atoms with van der Waals surface area (Å²) in [7, 11) is -2.75. The monoisotopic (exact) mass is 230 g/mol. The van der Waals surface area contributed by atoms with E-state index in [0.29, 0.717) is 23.3 Å². The summed E-state index contributed by atoms with van der Waals surface area (Å²) < 4.78 is 23.9. The molecule has 2 saturated carbocycles. The third-order valence-electron chi connectivity index (χ3n) is 3.93. The Morgan fingerprint density at radius 3 is 1.40 bits per heavy atom. The van der Waals surface area contributed by atoms with Gasteiger partial charge in [-0.3, -0.25) is 0 Å². The first-order valence-corrected chi connectivity index (χ1v) is 8.18. The molecule has 2 fully saturated rings. The topological polar surface area (TPSA) is 34.1 Å². The first-order chi connectivity index (χ1) is 7.16. The third kappa shape index (κ3) is 3.47. The average molecular weight is 230 g/mol. The molecule has 0 N–H and O–H groups in total. The van der Waals surface area contributed by atoms with E-state index in [1.54, 1.807) is 0 Å². The summed E-state index contributed by atoms with van der Waals surface area (Å²) in [4.78, 5) is 0. The van der Waals surface area contributed by atoms with Crippen molar-refractivity contribution in [2.45, 2.75) is 51.4 Å². The lowest BCUT2D eigenvalue weighted by atomic mass is 10.1. The van der Waals surface area contributed by atoms with Gasteiger partial charge in [-0.05, 0) is 37.5 Å². The lowest BCUT2D eigenvalue weighted by molar-refractivity contribution is 0.536. The van der Waals surface area contributed by atoms with E-state index in [1.165, 1.54) is 25.7 Å². The van der Waals surface area contributed by atoms with Crippen LogP contribution >= 0.6 is 0 Å². The second kappa shape index (κ2) is 4.86. The second-order valence-electron chi connectivity index (χ2n) is 5.38. The molecule has 0 unspecified atom stereocenters. The number of hydrogen-bond donors (Lipinski definition) is 0. The summed E-state index contributed by atoms with van der Waals surface area (Å²) in [5.41, 5.74) is 0. The fourth-order valence-electron chi connectivity index (χ4n) is 3.14. The van der Waals surface area contributed by atoms with Crippen LogP contribution in [0.25, 0.3) is 0 Å². The van der Waals surface area contributed by atoms with E-state index in [2.05, 4.69) is 0 Å². The van der Waals surface area contributed by atoms with Crippen molar-refractivity contribution in [1.29, 1.82) is 0 Å². The zero-order chi connectivity index (χ0) is 10.7. The first kappa shape index (κ1) is 11.4. The van der Waals surface area contributed by atoms with Gasteiger partial charge in [0.05, 0.1) is 11.5 Å². The van der Waals surface area contributed by atoms with E-state index in [4.69, 9.17) is 0 Å². The Morgan fingerprint density at radius 1 is 0.733 bits per heavy atom. The second-order valence-corrected chi connectivity index (χ2v) is 7.53. The molecule has 0 aromatic rings. The number of sulfone groups is 1. The molecule has 0 aromatic heterocycles. The number of rotatable bonds is 4. The minimum absolute atomic E-state index is 0.476. The van der Waals surface area contributed by atoms with Crippen LogP contribution in [-0.4, -0.2) is 19.9 Å². The van der Waals surface area contributed by atoms with E-state index in [9.17, 15) is 8.42 Å². The highest BCUT2D eigenvalue weighted by Gasteiger charge is 2.26. The Bertz CT molecular complexity index is 259. The molecule has 0 amide bonds. The molecule has 0 spiro atoms. The third-order valence-corrected chi connectivity index (χ3v) is 5.89. The van der Waals surface area contributed by atoms with Crippen molar-refractivity contribution < 1.29 is 8.42 Å². The van der Waals surface area contributed by atoms with Gasteiger partial charge in [-0.1, -0.05) is 25.7 Å². The maximum atomic E-state index is 11.9. The summed E-state index contributed by atoms with van der Waals surface area (Å²) >= 11 is 0. The van der Waals surface area contributed by atoms with Crippen LogP contribution < -0.4 is 0 Å². The van der Waals surface area contributed by atoms with Gasteiger partial charge in [0.15, 0.2) is 9.84 Å². The van der Waals surface area contributed by atoms with Crippen LogP contribution in [0, 0.1) is 11.8 Å². The molecule has 0 aromatic carbocycles. The summed E-state index contributed by atoms with van der Waals surface area (Å²) in [6.07, 6.45) is 9.53. The van der Waals surface area contributed by atoms with E-state index in [1.807, 2.05) is 0 Å². The molecular formula is C12H22O2S. The van der Waals surface area contributed by atoms with Crippen LogP contribution in [0.3, 0.4) is 0 Å². The quantitative estimate of drug-likeness (QED) is 0.744. The van der Waals surface area contributed by atoms with Gasteiger partial charge in [0, 0.05) is 0 Å². The highest BCUT2D eigenvalue weighted by atomic mass is 32.2. The summed E-state index contributed by atoms with van der Waals surface area (Å²) in [5.74, 6) is 1.92. The molecule has 0 bridgehead atoms. The highest BCUT2D eigenvalue weighted by molar-refractivity contribution is 7.91. The molecule has 2 nitrogen and oxygen atoms in total. The highest BCUT2D eigenvalue weighted by Crippen LogP contribution is 2.29. The van der Waals surface area contributed by atoms with Crippen LogP contribution in [0.1, 0.15) is 51.4 Å². The van der Waals surface area contributed by atoms with Gasteiger partial charge < -0.3 is 0 Å². The molecule has 3 heteroatoms. The largest absolute Gasteiger partial charge is 0.229 e. The van der Waals surface area contributed by atoms with Gasteiger partial charge in [-0.2, -0.15) is 0 Å². The molecule has 88 valence electrons. The maximum absolute atomic E-state index is 11.9. The zero-order valence-corrected chi connectivity index (χ0v) is 10.3. The Morgan fingerprint density at radius 2 is 1.07 bits per heavy atom. The molecule has 15 heavy (non-hydrogen) atoms. The van der Waals surface area contributed by atoms with Crippen molar-refractivity contribution in [3.8, 4) is 0 Å². The van der Waals surface area contributed by atoms with Crippen LogP contribution in [0.2, 0.25) is 0 Å². The lowest BCUT2D eigenvalue weighted by Crippen LogP contribution is -2.21. The Labute approximate surface area is 93.4 Å². The van der Waals surface area contributed by atoms with Crippen molar-refractivity contribution in [2.24, 2.45) is 11.8 Å². The minimum Gasteiger partial charge on any atom is -0.229 e. The normalized spacial score (nSPS) is 25.1. The standard InChI is InChI=1S/C12H22O2S/c13-15(14,9-11-5-1-2-6-11)10-12-7-3-4-8-12/h11-12H,1-10H2. The van der Waals surface area contributed by atoms with Crippen molar-refractivity contribution >= 4 is 9.84 Å². The van der Waals surface area contributed by atoms with Gasteiger partial charge >= 0.3 is 0 Å². The molecular weight excluding hydrogens is 208 g/mol. The Hall–Kier alpha value is -0.0500. The minimum atomic E-state index is -2.75. The SMILES string of the molecule is O=S(=O)(CC1CCCC1)CC1CCCC1. The summed E-state index contributed by atoms with van der Waals surface area (Å²) in [6.45, 7) is 0. The summed E-state index contributed by atoms with van der Waals surface area (Å²) in [5, 5.41) is 0. The van der Waals surface area contributed by atoms with E-state index >= 15 is 0 Å². The molecule has 0 aliphatic heterocycles. The van der Waals surface area contributed by atoms with E-state index in [0.717, 1.165) is 25.7 Å². The van der Waals surface area contributed by atoms with Gasteiger partial charge in [-0.25, -0.2) is 8.42 Å². The maximum Gasteiger partial charge on any atom is 0.150 e. The Kier molecular flexibility index (Phi) is 3.70. The van der Waals surface area contributed by atoms with Crippen LogP contribution in [0.15, 0.2) is 0 Å². The molecule has 2 aliphatic rings.